The first kappa shape index (κ1) is 17.5. The van der Waals surface area contributed by atoms with Crippen LogP contribution < -0.4 is 10.2 Å². The molecule has 0 bridgehead atoms. The standard InChI is InChI=1S/C18H21FN2OS/c1-20-18(22)15-9-7-14(8-10-15)13-21(2)11-12-23-17-6-4-3-5-16(17)19/h3-10H,11-13H2,1-2H3,(H,20,22)/p+1. The van der Waals surface area contributed by atoms with Gasteiger partial charge in [-0.2, -0.15) is 0 Å². The second kappa shape index (κ2) is 8.70. The Morgan fingerprint density at radius 3 is 2.52 bits per heavy atom. The van der Waals surface area contributed by atoms with E-state index in [-0.39, 0.29) is 11.7 Å². The van der Waals surface area contributed by atoms with Crippen LogP contribution in [0, 0.1) is 5.82 Å². The number of thioether (sulfide) groups is 1. The molecule has 2 rings (SSSR count). The second-order valence-electron chi connectivity index (χ2n) is 5.44. The molecule has 2 aromatic rings. The van der Waals surface area contributed by atoms with Crippen molar-refractivity contribution in [2.24, 2.45) is 0 Å². The Labute approximate surface area is 140 Å². The molecule has 1 atom stereocenters. The van der Waals surface area contributed by atoms with Gasteiger partial charge in [0.05, 0.1) is 13.6 Å². The number of amides is 1. The van der Waals surface area contributed by atoms with Crippen LogP contribution in [0.2, 0.25) is 0 Å². The predicted molar refractivity (Wildman–Crippen MR) is 92.4 cm³/mol. The summed E-state index contributed by atoms with van der Waals surface area (Å²) in [6.07, 6.45) is 0. The number of rotatable bonds is 7. The smallest absolute Gasteiger partial charge is 0.251 e. The van der Waals surface area contributed by atoms with Gasteiger partial charge in [0.15, 0.2) is 0 Å². The van der Waals surface area contributed by atoms with Crippen LogP contribution in [0.15, 0.2) is 53.4 Å². The van der Waals surface area contributed by atoms with Crippen molar-refractivity contribution in [2.45, 2.75) is 11.4 Å². The van der Waals surface area contributed by atoms with Gasteiger partial charge in [0.2, 0.25) is 0 Å². The molecule has 0 aromatic heterocycles. The fourth-order valence-electron chi connectivity index (χ4n) is 2.25. The fourth-order valence-corrected chi connectivity index (χ4v) is 3.30. The molecule has 2 N–H and O–H groups in total. The number of carbonyl (C=O) groups is 1. The van der Waals surface area contributed by atoms with Crippen LogP contribution in [0.5, 0.6) is 0 Å². The molecule has 1 unspecified atom stereocenters. The Kier molecular flexibility index (Phi) is 6.62. The van der Waals surface area contributed by atoms with Crippen LogP contribution in [0.25, 0.3) is 0 Å². The maximum absolute atomic E-state index is 13.5. The average Bonchev–Trinajstić information content (AvgIpc) is 2.56. The summed E-state index contributed by atoms with van der Waals surface area (Å²) >= 11 is 1.55. The largest absolute Gasteiger partial charge is 0.355 e. The van der Waals surface area contributed by atoms with Gasteiger partial charge in [0.1, 0.15) is 12.4 Å². The van der Waals surface area contributed by atoms with Crippen molar-refractivity contribution >= 4 is 17.7 Å². The highest BCUT2D eigenvalue weighted by Gasteiger charge is 2.08. The molecule has 122 valence electrons. The van der Waals surface area contributed by atoms with Crippen LogP contribution in [0.4, 0.5) is 4.39 Å². The summed E-state index contributed by atoms with van der Waals surface area (Å²) in [6.45, 7) is 1.82. The molecule has 23 heavy (non-hydrogen) atoms. The zero-order valence-electron chi connectivity index (χ0n) is 13.4. The number of nitrogens with one attached hydrogen (secondary N) is 2. The summed E-state index contributed by atoms with van der Waals surface area (Å²) in [7, 11) is 3.75. The molecule has 0 aliphatic carbocycles. The third-order valence-electron chi connectivity index (χ3n) is 3.57. The molecule has 0 aliphatic rings. The van der Waals surface area contributed by atoms with Gasteiger partial charge in [-0.25, -0.2) is 4.39 Å². The summed E-state index contributed by atoms with van der Waals surface area (Å²) in [5.74, 6) is 0.641. The van der Waals surface area contributed by atoms with Crippen molar-refractivity contribution in [3.8, 4) is 0 Å². The molecule has 5 heteroatoms. The normalized spacial score (nSPS) is 12.0. The highest BCUT2D eigenvalue weighted by atomic mass is 32.2. The summed E-state index contributed by atoms with van der Waals surface area (Å²) in [4.78, 5) is 13.6. The minimum atomic E-state index is -0.153. The minimum Gasteiger partial charge on any atom is -0.355 e. The third-order valence-corrected chi connectivity index (χ3v) is 4.62. The van der Waals surface area contributed by atoms with Crippen molar-refractivity contribution < 1.29 is 14.1 Å². The lowest BCUT2D eigenvalue weighted by Crippen LogP contribution is -3.08. The lowest BCUT2D eigenvalue weighted by Gasteiger charge is -2.14. The molecule has 3 nitrogen and oxygen atoms in total. The number of quaternary nitrogens is 1. The molecule has 0 saturated carbocycles. The van der Waals surface area contributed by atoms with Crippen molar-refractivity contribution in [1.29, 1.82) is 0 Å². The molecule has 1 amide bonds. The van der Waals surface area contributed by atoms with E-state index in [1.165, 1.54) is 16.5 Å². The molecular weight excluding hydrogens is 311 g/mol. The van der Waals surface area contributed by atoms with Crippen molar-refractivity contribution in [3.63, 3.8) is 0 Å². The molecule has 0 aliphatic heterocycles. The van der Waals surface area contributed by atoms with Crippen molar-refractivity contribution in [3.05, 3.63) is 65.5 Å². The quantitative estimate of drug-likeness (QED) is 0.760. The van der Waals surface area contributed by atoms with E-state index in [1.807, 2.05) is 36.4 Å². The topological polar surface area (TPSA) is 33.5 Å². The SMILES string of the molecule is CNC(=O)c1ccc(C[NH+](C)CCSc2ccccc2F)cc1. The van der Waals surface area contributed by atoms with E-state index in [1.54, 1.807) is 24.9 Å². The zero-order valence-corrected chi connectivity index (χ0v) is 14.3. The zero-order chi connectivity index (χ0) is 16.7. The Morgan fingerprint density at radius 2 is 1.87 bits per heavy atom. The Bertz CT molecular complexity index is 646. The number of halogens is 1. The van der Waals surface area contributed by atoms with Crippen LogP contribution in [0.1, 0.15) is 15.9 Å². The number of hydrogen-bond acceptors (Lipinski definition) is 2. The van der Waals surface area contributed by atoms with E-state index < -0.39 is 0 Å². The van der Waals surface area contributed by atoms with Crippen molar-refractivity contribution in [1.82, 2.24) is 5.32 Å². The average molecular weight is 333 g/mol. The van der Waals surface area contributed by atoms with Gasteiger partial charge in [0, 0.05) is 28.8 Å². The van der Waals surface area contributed by atoms with E-state index in [0.29, 0.717) is 10.5 Å². The maximum Gasteiger partial charge on any atom is 0.251 e. The molecule has 2 aromatic carbocycles. The summed E-state index contributed by atoms with van der Waals surface area (Å²) in [5, 5.41) is 2.61. The van der Waals surface area contributed by atoms with Gasteiger partial charge in [-0.05, 0) is 24.3 Å². The van der Waals surface area contributed by atoms with Gasteiger partial charge < -0.3 is 10.2 Å². The number of carbonyl (C=O) groups excluding carboxylic acids is 1. The predicted octanol–water partition coefficient (Wildman–Crippen LogP) is 1.99. The summed E-state index contributed by atoms with van der Waals surface area (Å²) in [5.41, 5.74) is 1.86. The van der Waals surface area contributed by atoms with E-state index >= 15 is 0 Å². The first-order valence-corrected chi connectivity index (χ1v) is 8.58. The molecular formula is C18H22FN2OS+. The van der Waals surface area contributed by atoms with Crippen LogP contribution in [-0.2, 0) is 6.54 Å². The van der Waals surface area contributed by atoms with Gasteiger partial charge >= 0.3 is 0 Å². The summed E-state index contributed by atoms with van der Waals surface area (Å²) in [6, 6.07) is 14.5. The van der Waals surface area contributed by atoms with Crippen LogP contribution >= 0.6 is 11.8 Å². The second-order valence-corrected chi connectivity index (χ2v) is 6.58. The Morgan fingerprint density at radius 1 is 1.17 bits per heavy atom. The third kappa shape index (κ3) is 5.37. The van der Waals surface area contributed by atoms with E-state index in [4.69, 9.17) is 0 Å². The molecule has 0 heterocycles. The maximum atomic E-state index is 13.5. The van der Waals surface area contributed by atoms with Gasteiger partial charge in [-0.1, -0.05) is 24.3 Å². The molecule has 0 spiro atoms. The highest BCUT2D eigenvalue weighted by molar-refractivity contribution is 7.99. The van der Waals surface area contributed by atoms with Crippen LogP contribution in [0.3, 0.4) is 0 Å². The van der Waals surface area contributed by atoms with E-state index in [2.05, 4.69) is 12.4 Å². The summed E-state index contributed by atoms with van der Waals surface area (Å²) < 4.78 is 13.5. The number of benzene rings is 2. The van der Waals surface area contributed by atoms with Gasteiger partial charge in [0.25, 0.3) is 5.91 Å². The lowest BCUT2D eigenvalue weighted by molar-refractivity contribution is -0.891. The minimum absolute atomic E-state index is 0.0708. The Balaban J connectivity index is 1.79. The van der Waals surface area contributed by atoms with Gasteiger partial charge in [-0.15, -0.1) is 11.8 Å². The molecule has 0 radical (unpaired) electrons. The fraction of sp³-hybridized carbons (Fsp3) is 0.278. The van der Waals surface area contributed by atoms with E-state index in [0.717, 1.165) is 18.8 Å². The first-order valence-electron chi connectivity index (χ1n) is 7.60. The molecule has 0 saturated heterocycles. The van der Waals surface area contributed by atoms with Crippen molar-refractivity contribution in [2.75, 3.05) is 26.4 Å². The van der Waals surface area contributed by atoms with E-state index in [9.17, 15) is 9.18 Å². The monoisotopic (exact) mass is 333 g/mol. The van der Waals surface area contributed by atoms with Gasteiger partial charge in [-0.3, -0.25) is 4.79 Å². The first-order chi connectivity index (χ1) is 11.1. The van der Waals surface area contributed by atoms with Crippen LogP contribution in [-0.4, -0.2) is 32.3 Å². The Hall–Kier alpha value is -1.85. The highest BCUT2D eigenvalue weighted by Crippen LogP contribution is 2.20. The number of hydrogen-bond donors (Lipinski definition) is 2. The molecule has 0 fully saturated rings. The lowest BCUT2D eigenvalue weighted by atomic mass is 10.1.